The first kappa shape index (κ1) is 20.2. The minimum absolute atomic E-state index is 0.142. The van der Waals surface area contributed by atoms with Crippen molar-refractivity contribution in [3.63, 3.8) is 0 Å². The molecule has 148 valence electrons. The van der Waals surface area contributed by atoms with Crippen LogP contribution in [0.5, 0.6) is 0 Å². The van der Waals surface area contributed by atoms with Gasteiger partial charge in [-0.25, -0.2) is 0 Å². The van der Waals surface area contributed by atoms with Gasteiger partial charge < -0.3 is 4.90 Å². The Morgan fingerprint density at radius 3 is 2.62 bits per heavy atom. The lowest BCUT2D eigenvalue weighted by molar-refractivity contribution is -0.119. The molecule has 0 unspecified atom stereocenters. The zero-order valence-electron chi connectivity index (χ0n) is 15.1. The number of nitrogens with zero attached hydrogens (tertiary/aromatic N) is 3. The molecule has 0 saturated carbocycles. The molecular formula is C20H16Br2N4O2S. The highest BCUT2D eigenvalue weighted by Gasteiger charge is 2.35. The van der Waals surface area contributed by atoms with Crippen molar-refractivity contribution in [1.82, 2.24) is 15.1 Å². The number of hydrogen-bond donors (Lipinski definition) is 1. The highest BCUT2D eigenvalue weighted by molar-refractivity contribution is 9.10. The Morgan fingerprint density at radius 1 is 1.07 bits per heavy atom. The summed E-state index contributed by atoms with van der Waals surface area (Å²) in [4.78, 5) is 27.3. The second-order valence-corrected chi connectivity index (χ2v) is 9.38. The van der Waals surface area contributed by atoms with E-state index in [9.17, 15) is 9.59 Å². The molecule has 1 saturated heterocycles. The average molecular weight is 536 g/mol. The summed E-state index contributed by atoms with van der Waals surface area (Å²) in [5, 5.41) is 12.2. The number of rotatable bonds is 4. The Balaban J connectivity index is 1.46. The number of carbonyl (C=O) groups excluding carboxylic acids is 2. The van der Waals surface area contributed by atoms with Crippen molar-refractivity contribution in [2.75, 3.05) is 11.9 Å². The third-order valence-electron chi connectivity index (χ3n) is 4.63. The Kier molecular flexibility index (Phi) is 6.07. The molecule has 6 nitrogen and oxygen atoms in total. The second-order valence-electron chi connectivity index (χ2n) is 6.58. The normalized spacial score (nSPS) is 16.1. The van der Waals surface area contributed by atoms with Gasteiger partial charge in [0.15, 0.2) is 0 Å². The molecule has 0 aliphatic carbocycles. The predicted molar refractivity (Wildman–Crippen MR) is 120 cm³/mol. The van der Waals surface area contributed by atoms with Gasteiger partial charge in [0.25, 0.3) is 5.91 Å². The topological polar surface area (TPSA) is 75.2 Å². The Bertz CT molecular complexity index is 1050. The molecule has 0 spiro atoms. The highest BCUT2D eigenvalue weighted by Crippen LogP contribution is 2.28. The SMILES string of the molecule is O=C(Nc1nnc(-c2ccc(Br)cc2)s1)[C@H]1CCCN1C(=O)c1cccc(Br)c1. The summed E-state index contributed by atoms with van der Waals surface area (Å²) in [6.45, 7) is 0.559. The predicted octanol–water partition coefficient (Wildman–Crippen LogP) is 4.97. The summed E-state index contributed by atoms with van der Waals surface area (Å²) >= 11 is 8.10. The van der Waals surface area contributed by atoms with Gasteiger partial charge in [-0.05, 0) is 43.2 Å². The van der Waals surface area contributed by atoms with Crippen LogP contribution in [0.25, 0.3) is 10.6 Å². The Labute approximate surface area is 188 Å². The van der Waals surface area contributed by atoms with E-state index in [1.54, 1.807) is 17.0 Å². The van der Waals surface area contributed by atoms with Crippen molar-refractivity contribution in [2.45, 2.75) is 18.9 Å². The van der Waals surface area contributed by atoms with E-state index < -0.39 is 6.04 Å². The summed E-state index contributed by atoms with van der Waals surface area (Å²) in [7, 11) is 0. The van der Waals surface area contributed by atoms with Gasteiger partial charge in [-0.15, -0.1) is 10.2 Å². The summed E-state index contributed by atoms with van der Waals surface area (Å²) in [5.74, 6) is -0.374. The molecule has 1 N–H and O–H groups in total. The third-order valence-corrected chi connectivity index (χ3v) is 6.54. The summed E-state index contributed by atoms with van der Waals surface area (Å²) in [6.07, 6.45) is 1.42. The quantitative estimate of drug-likeness (QED) is 0.511. The van der Waals surface area contributed by atoms with Gasteiger partial charge in [-0.1, -0.05) is 61.4 Å². The molecule has 0 bridgehead atoms. The van der Waals surface area contributed by atoms with Crippen LogP contribution >= 0.6 is 43.2 Å². The van der Waals surface area contributed by atoms with Gasteiger partial charge in [-0.3, -0.25) is 14.9 Å². The Morgan fingerprint density at radius 2 is 1.86 bits per heavy atom. The van der Waals surface area contributed by atoms with Crippen molar-refractivity contribution in [2.24, 2.45) is 0 Å². The maximum absolute atomic E-state index is 12.9. The van der Waals surface area contributed by atoms with Gasteiger partial charge in [0.1, 0.15) is 11.0 Å². The van der Waals surface area contributed by atoms with Crippen LogP contribution in [0.3, 0.4) is 0 Å². The lowest BCUT2D eigenvalue weighted by Crippen LogP contribution is -2.43. The molecule has 1 fully saturated rings. The third kappa shape index (κ3) is 4.57. The highest BCUT2D eigenvalue weighted by atomic mass is 79.9. The smallest absolute Gasteiger partial charge is 0.254 e. The van der Waals surface area contributed by atoms with Gasteiger partial charge >= 0.3 is 0 Å². The van der Waals surface area contributed by atoms with Crippen LogP contribution in [0.4, 0.5) is 5.13 Å². The number of anilines is 1. The molecular weight excluding hydrogens is 520 g/mol. The molecule has 0 radical (unpaired) electrons. The van der Waals surface area contributed by atoms with Crippen LogP contribution in [0.1, 0.15) is 23.2 Å². The number of halogens is 2. The zero-order chi connectivity index (χ0) is 20.4. The van der Waals surface area contributed by atoms with E-state index in [1.165, 1.54) is 11.3 Å². The molecule has 1 aromatic heterocycles. The van der Waals surface area contributed by atoms with Gasteiger partial charge in [0.05, 0.1) is 0 Å². The van der Waals surface area contributed by atoms with Gasteiger partial charge in [-0.2, -0.15) is 0 Å². The maximum atomic E-state index is 12.9. The van der Waals surface area contributed by atoms with E-state index in [1.807, 2.05) is 36.4 Å². The molecule has 1 aliphatic heterocycles. The van der Waals surface area contributed by atoms with E-state index in [0.29, 0.717) is 23.7 Å². The monoisotopic (exact) mass is 534 g/mol. The van der Waals surface area contributed by atoms with Crippen molar-refractivity contribution in [1.29, 1.82) is 0 Å². The molecule has 1 atom stereocenters. The molecule has 2 aromatic carbocycles. The first-order valence-corrected chi connectivity index (χ1v) is 11.4. The molecule has 3 aromatic rings. The van der Waals surface area contributed by atoms with E-state index in [4.69, 9.17) is 0 Å². The van der Waals surface area contributed by atoms with Crippen LogP contribution in [0, 0.1) is 0 Å². The molecule has 9 heteroatoms. The van der Waals surface area contributed by atoms with Crippen molar-refractivity contribution < 1.29 is 9.59 Å². The van der Waals surface area contributed by atoms with Crippen molar-refractivity contribution in [3.05, 3.63) is 63.0 Å². The van der Waals surface area contributed by atoms with E-state index in [-0.39, 0.29) is 11.8 Å². The average Bonchev–Trinajstić information content (AvgIpc) is 3.38. The van der Waals surface area contributed by atoms with Crippen LogP contribution < -0.4 is 5.32 Å². The standard InChI is InChI=1S/C20H16Br2N4O2S/c21-14-8-6-12(7-9-14)18-24-25-20(29-18)23-17(27)16-5-2-10-26(16)19(28)13-3-1-4-15(22)11-13/h1,3-4,6-9,11,16H,2,5,10H2,(H,23,25,27)/t16-/m1/s1. The van der Waals surface area contributed by atoms with E-state index in [2.05, 4.69) is 47.4 Å². The zero-order valence-corrected chi connectivity index (χ0v) is 19.1. The second kappa shape index (κ2) is 8.73. The molecule has 2 amide bonds. The number of likely N-dealkylation sites (tertiary alicyclic amines) is 1. The molecule has 4 rings (SSSR count). The molecule has 2 heterocycles. The molecule has 1 aliphatic rings. The largest absolute Gasteiger partial charge is 0.327 e. The number of benzene rings is 2. The van der Waals surface area contributed by atoms with Crippen LogP contribution in [0.15, 0.2) is 57.5 Å². The fourth-order valence-electron chi connectivity index (χ4n) is 3.24. The Hall–Kier alpha value is -2.10. The summed E-state index contributed by atoms with van der Waals surface area (Å²) in [6, 6.07) is 14.4. The van der Waals surface area contributed by atoms with Gasteiger partial charge in [0, 0.05) is 26.6 Å². The van der Waals surface area contributed by atoms with Crippen LogP contribution in [0.2, 0.25) is 0 Å². The van der Waals surface area contributed by atoms with Gasteiger partial charge in [0.2, 0.25) is 11.0 Å². The minimum Gasteiger partial charge on any atom is -0.327 e. The van der Waals surface area contributed by atoms with Crippen molar-refractivity contribution >= 4 is 60.1 Å². The maximum Gasteiger partial charge on any atom is 0.254 e. The van der Waals surface area contributed by atoms with Crippen LogP contribution in [-0.4, -0.2) is 39.5 Å². The minimum atomic E-state index is -0.512. The number of nitrogens with one attached hydrogen (secondary N) is 1. The number of carbonyl (C=O) groups is 2. The van der Waals surface area contributed by atoms with Crippen molar-refractivity contribution in [3.8, 4) is 10.6 Å². The number of hydrogen-bond acceptors (Lipinski definition) is 5. The van der Waals surface area contributed by atoms with E-state index >= 15 is 0 Å². The summed E-state index contributed by atoms with van der Waals surface area (Å²) < 4.78 is 1.81. The fraction of sp³-hybridized carbons (Fsp3) is 0.200. The summed E-state index contributed by atoms with van der Waals surface area (Å²) in [5.41, 5.74) is 1.49. The van der Waals surface area contributed by atoms with E-state index in [0.717, 1.165) is 25.9 Å². The first-order valence-electron chi connectivity index (χ1n) is 8.98. The first-order chi connectivity index (χ1) is 14.0. The molecule has 29 heavy (non-hydrogen) atoms. The van der Waals surface area contributed by atoms with Crippen LogP contribution in [-0.2, 0) is 4.79 Å². The number of aromatic nitrogens is 2. The lowest BCUT2D eigenvalue weighted by Gasteiger charge is -2.23. The fourth-order valence-corrected chi connectivity index (χ4v) is 4.66. The lowest BCUT2D eigenvalue weighted by atomic mass is 10.1. The number of amides is 2.